The van der Waals surface area contributed by atoms with E-state index in [0.29, 0.717) is 11.5 Å². The number of carbonyl (C=O) groups excluding carboxylic acids is 2. The topological polar surface area (TPSA) is 69.0 Å². The first kappa shape index (κ1) is 18.4. The van der Waals surface area contributed by atoms with E-state index >= 15 is 0 Å². The minimum Gasteiger partial charge on any atom is -0.490 e. The summed E-state index contributed by atoms with van der Waals surface area (Å²) in [6.07, 6.45) is 1.56. The molecular formula is C19H21NO5S. The number of ether oxygens (including phenoxy) is 2. The van der Waals surface area contributed by atoms with Crippen LogP contribution in [0.25, 0.3) is 0 Å². The number of aryl methyl sites for hydroxylation is 1. The van der Waals surface area contributed by atoms with E-state index in [4.69, 9.17) is 13.9 Å². The molecule has 1 aliphatic rings. The van der Waals surface area contributed by atoms with Crippen LogP contribution < -0.4 is 4.74 Å². The molecule has 3 rings (SSSR count). The molecule has 26 heavy (non-hydrogen) atoms. The zero-order chi connectivity index (χ0) is 18.5. The van der Waals surface area contributed by atoms with Crippen LogP contribution in [0.4, 0.5) is 0 Å². The van der Waals surface area contributed by atoms with Gasteiger partial charge in [-0.05, 0) is 31.2 Å². The molecule has 1 saturated heterocycles. The van der Waals surface area contributed by atoms with Gasteiger partial charge in [-0.25, -0.2) is 4.79 Å². The van der Waals surface area contributed by atoms with Gasteiger partial charge in [0.05, 0.1) is 6.26 Å². The van der Waals surface area contributed by atoms with E-state index in [1.807, 2.05) is 31.2 Å². The van der Waals surface area contributed by atoms with Crippen molar-refractivity contribution in [3.63, 3.8) is 0 Å². The highest BCUT2D eigenvalue weighted by Gasteiger charge is 2.43. The number of thioether (sulfide) groups is 1. The molecule has 1 aromatic heterocycles. The lowest BCUT2D eigenvalue weighted by Gasteiger charge is -2.25. The monoisotopic (exact) mass is 375 g/mol. The van der Waals surface area contributed by atoms with Crippen molar-refractivity contribution in [3.05, 3.63) is 54.0 Å². The predicted octanol–water partition coefficient (Wildman–Crippen LogP) is 3.17. The van der Waals surface area contributed by atoms with Crippen LogP contribution in [0.15, 0.2) is 47.1 Å². The van der Waals surface area contributed by atoms with Crippen molar-refractivity contribution in [1.82, 2.24) is 4.90 Å². The molecule has 1 aromatic carbocycles. The summed E-state index contributed by atoms with van der Waals surface area (Å²) in [6, 6.07) is 10.6. The fourth-order valence-electron chi connectivity index (χ4n) is 2.76. The molecule has 6 nitrogen and oxygen atoms in total. The number of carbonyl (C=O) groups is 2. The number of esters is 1. The molecular weight excluding hydrogens is 354 g/mol. The zero-order valence-electron chi connectivity index (χ0n) is 14.7. The molecule has 7 heteroatoms. The molecule has 0 spiro atoms. The lowest BCUT2D eigenvalue weighted by atomic mass is 10.2. The Bertz CT molecular complexity index is 744. The third-order valence-electron chi connectivity index (χ3n) is 4.04. The molecule has 1 aliphatic heterocycles. The molecule has 1 amide bonds. The van der Waals surface area contributed by atoms with E-state index < -0.39 is 12.0 Å². The van der Waals surface area contributed by atoms with Crippen LogP contribution in [0, 0.1) is 6.92 Å². The van der Waals surface area contributed by atoms with Crippen molar-refractivity contribution >= 4 is 23.6 Å². The number of furan rings is 1. The second kappa shape index (κ2) is 8.31. The lowest BCUT2D eigenvalue weighted by molar-refractivity contribution is -0.154. The van der Waals surface area contributed by atoms with Gasteiger partial charge in [-0.1, -0.05) is 17.7 Å². The van der Waals surface area contributed by atoms with Crippen molar-refractivity contribution < 1.29 is 23.5 Å². The maximum Gasteiger partial charge on any atom is 0.329 e. The summed E-state index contributed by atoms with van der Waals surface area (Å²) in [5.74, 6) is 1.25. The second-order valence-corrected chi connectivity index (χ2v) is 7.09. The molecule has 0 saturated carbocycles. The third-order valence-corrected chi connectivity index (χ3v) is 5.32. The number of benzene rings is 1. The Hall–Kier alpha value is -2.41. The summed E-state index contributed by atoms with van der Waals surface area (Å²) >= 11 is 1.49. The summed E-state index contributed by atoms with van der Waals surface area (Å²) < 4.78 is 16.3. The summed E-state index contributed by atoms with van der Waals surface area (Å²) in [7, 11) is 0. The smallest absolute Gasteiger partial charge is 0.329 e. The largest absolute Gasteiger partial charge is 0.490 e. The predicted molar refractivity (Wildman–Crippen MR) is 97.8 cm³/mol. The molecule has 0 N–H and O–H groups in total. The summed E-state index contributed by atoms with van der Waals surface area (Å²) in [5, 5.41) is -0.302. The lowest BCUT2D eigenvalue weighted by Crippen LogP contribution is -2.43. The highest BCUT2D eigenvalue weighted by atomic mass is 32.2. The second-order valence-electron chi connectivity index (χ2n) is 5.97. The highest BCUT2D eigenvalue weighted by Crippen LogP contribution is 2.41. The van der Waals surface area contributed by atoms with Crippen LogP contribution in [0.3, 0.4) is 0 Å². The SMILES string of the molecule is CC(=O)N1[C@@H](C(=O)OCCOc2ccc(C)cc2)CS[C@@H]1c1ccco1. The molecule has 2 heterocycles. The van der Waals surface area contributed by atoms with Crippen LogP contribution >= 0.6 is 11.8 Å². The molecule has 2 aromatic rings. The standard InChI is InChI=1S/C19H21NO5S/c1-13-5-7-15(8-6-13)23-10-11-25-19(22)16-12-26-18(20(16)14(2)21)17-4-3-9-24-17/h3-9,16,18H,10-12H2,1-2H3/t16-,18-/m1/s1. The quantitative estimate of drug-likeness (QED) is 0.571. The Kier molecular flexibility index (Phi) is 5.88. The van der Waals surface area contributed by atoms with Gasteiger partial charge in [0.15, 0.2) is 0 Å². The molecule has 0 aliphatic carbocycles. The maximum absolute atomic E-state index is 12.4. The molecule has 0 bridgehead atoms. The van der Waals surface area contributed by atoms with Crippen LogP contribution in [0.2, 0.25) is 0 Å². The van der Waals surface area contributed by atoms with Crippen LogP contribution in [-0.2, 0) is 14.3 Å². The van der Waals surface area contributed by atoms with Gasteiger partial charge in [-0.3, -0.25) is 4.79 Å². The van der Waals surface area contributed by atoms with Crippen LogP contribution in [0.5, 0.6) is 5.75 Å². The average Bonchev–Trinajstić information content (AvgIpc) is 3.29. The first-order valence-corrected chi connectivity index (χ1v) is 9.41. The Labute approximate surface area is 156 Å². The van der Waals surface area contributed by atoms with Gasteiger partial charge in [0.2, 0.25) is 5.91 Å². The Morgan fingerprint density at radius 1 is 1.23 bits per heavy atom. The van der Waals surface area contributed by atoms with Crippen molar-refractivity contribution in [2.75, 3.05) is 19.0 Å². The number of hydrogen-bond acceptors (Lipinski definition) is 6. The average molecular weight is 375 g/mol. The van der Waals surface area contributed by atoms with Crippen molar-refractivity contribution in [2.24, 2.45) is 0 Å². The van der Waals surface area contributed by atoms with E-state index in [2.05, 4.69) is 0 Å². The summed E-state index contributed by atoms with van der Waals surface area (Å²) in [6.45, 7) is 3.84. The minimum atomic E-state index is -0.619. The third kappa shape index (κ3) is 4.22. The number of hydrogen-bond donors (Lipinski definition) is 0. The summed E-state index contributed by atoms with van der Waals surface area (Å²) in [4.78, 5) is 26.0. The fraction of sp³-hybridized carbons (Fsp3) is 0.368. The molecule has 1 fully saturated rings. The zero-order valence-corrected chi connectivity index (χ0v) is 15.5. The number of nitrogens with zero attached hydrogens (tertiary/aromatic N) is 1. The van der Waals surface area contributed by atoms with Crippen molar-refractivity contribution in [2.45, 2.75) is 25.3 Å². The highest BCUT2D eigenvalue weighted by molar-refractivity contribution is 7.99. The van der Waals surface area contributed by atoms with E-state index in [-0.39, 0.29) is 24.5 Å². The van der Waals surface area contributed by atoms with E-state index in [0.717, 1.165) is 11.3 Å². The Balaban J connectivity index is 1.52. The fourth-order valence-corrected chi connectivity index (χ4v) is 4.17. The van der Waals surface area contributed by atoms with Gasteiger partial charge < -0.3 is 18.8 Å². The first-order chi connectivity index (χ1) is 12.6. The first-order valence-electron chi connectivity index (χ1n) is 8.36. The van der Waals surface area contributed by atoms with E-state index in [1.165, 1.54) is 23.6 Å². The minimum absolute atomic E-state index is 0.130. The van der Waals surface area contributed by atoms with Gasteiger partial charge in [0.1, 0.15) is 36.1 Å². The van der Waals surface area contributed by atoms with Gasteiger partial charge in [-0.15, -0.1) is 11.8 Å². The van der Waals surface area contributed by atoms with E-state index in [1.54, 1.807) is 18.4 Å². The van der Waals surface area contributed by atoms with Crippen LogP contribution in [-0.4, -0.2) is 41.8 Å². The van der Waals surface area contributed by atoms with Gasteiger partial charge >= 0.3 is 5.97 Å². The number of rotatable bonds is 6. The number of amides is 1. The summed E-state index contributed by atoms with van der Waals surface area (Å²) in [5.41, 5.74) is 1.15. The Morgan fingerprint density at radius 3 is 2.65 bits per heavy atom. The van der Waals surface area contributed by atoms with Crippen molar-refractivity contribution in [3.8, 4) is 5.75 Å². The molecule has 0 radical (unpaired) electrons. The van der Waals surface area contributed by atoms with Crippen LogP contribution in [0.1, 0.15) is 23.6 Å². The van der Waals surface area contributed by atoms with Gasteiger partial charge in [-0.2, -0.15) is 0 Å². The molecule has 0 unspecified atom stereocenters. The Morgan fingerprint density at radius 2 is 2.00 bits per heavy atom. The van der Waals surface area contributed by atoms with Gasteiger partial charge in [0.25, 0.3) is 0 Å². The molecule has 2 atom stereocenters. The maximum atomic E-state index is 12.4. The molecule has 138 valence electrons. The van der Waals surface area contributed by atoms with E-state index in [9.17, 15) is 9.59 Å². The normalized spacial score (nSPS) is 19.4. The van der Waals surface area contributed by atoms with Crippen molar-refractivity contribution in [1.29, 1.82) is 0 Å². The van der Waals surface area contributed by atoms with Gasteiger partial charge in [0, 0.05) is 12.7 Å².